The third kappa shape index (κ3) is 3.19. The number of benzene rings is 1. The number of rotatable bonds is 4. The first-order chi connectivity index (χ1) is 11.8. The van der Waals surface area contributed by atoms with Crippen LogP contribution in [0.4, 0.5) is 0 Å². The highest BCUT2D eigenvalue weighted by Gasteiger charge is 2.33. The van der Waals surface area contributed by atoms with Crippen molar-refractivity contribution in [2.24, 2.45) is 5.41 Å². The van der Waals surface area contributed by atoms with Crippen LogP contribution in [0.2, 0.25) is 0 Å². The largest absolute Gasteiger partial charge is 0.493 e. The molecule has 4 rings (SSSR count). The van der Waals surface area contributed by atoms with E-state index in [0.29, 0.717) is 6.04 Å². The first kappa shape index (κ1) is 16.4. The monoisotopic (exact) mass is 331 g/mol. The van der Waals surface area contributed by atoms with E-state index in [9.17, 15) is 5.11 Å². The summed E-state index contributed by atoms with van der Waals surface area (Å²) in [6.45, 7) is 3.43. The Morgan fingerprint density at radius 3 is 2.67 bits per heavy atom. The van der Waals surface area contributed by atoms with E-state index in [1.54, 1.807) is 0 Å². The van der Waals surface area contributed by atoms with Crippen molar-refractivity contribution in [2.45, 2.75) is 51.0 Å². The maximum Gasteiger partial charge on any atom is 0.124 e. The van der Waals surface area contributed by atoms with Crippen LogP contribution in [-0.4, -0.2) is 38.1 Å². The molecule has 1 aromatic rings. The molecule has 24 heavy (non-hydrogen) atoms. The predicted octanol–water partition coefficient (Wildman–Crippen LogP) is 2.77. The van der Waals surface area contributed by atoms with Crippen LogP contribution in [0.25, 0.3) is 0 Å². The predicted molar refractivity (Wildman–Crippen MR) is 93.5 cm³/mol. The molecular formula is C20H29NO3. The molecule has 132 valence electrons. The zero-order valence-electron chi connectivity index (χ0n) is 14.5. The second-order valence-corrected chi connectivity index (χ2v) is 7.71. The van der Waals surface area contributed by atoms with Crippen LogP contribution in [0, 0.1) is 5.41 Å². The molecule has 4 heteroatoms. The topological polar surface area (TPSA) is 50.7 Å². The van der Waals surface area contributed by atoms with Gasteiger partial charge in [0.2, 0.25) is 0 Å². The van der Waals surface area contributed by atoms with Crippen molar-refractivity contribution in [3.63, 3.8) is 0 Å². The van der Waals surface area contributed by atoms with Crippen molar-refractivity contribution in [2.75, 3.05) is 33.0 Å². The van der Waals surface area contributed by atoms with E-state index in [0.717, 1.165) is 57.8 Å². The lowest BCUT2D eigenvalue weighted by Crippen LogP contribution is -2.43. The van der Waals surface area contributed by atoms with Crippen molar-refractivity contribution in [1.82, 2.24) is 5.32 Å². The summed E-state index contributed by atoms with van der Waals surface area (Å²) in [5.41, 5.74) is 4.29. The van der Waals surface area contributed by atoms with Crippen LogP contribution in [0.5, 0.6) is 5.75 Å². The number of aliphatic hydroxyl groups excluding tert-OH is 1. The lowest BCUT2D eigenvalue weighted by Gasteiger charge is -2.37. The molecule has 1 atom stereocenters. The molecule has 2 N–H and O–H groups in total. The van der Waals surface area contributed by atoms with E-state index in [-0.39, 0.29) is 12.0 Å². The van der Waals surface area contributed by atoms with Crippen LogP contribution in [0.3, 0.4) is 0 Å². The molecule has 1 aromatic carbocycles. The molecule has 0 bridgehead atoms. The highest BCUT2D eigenvalue weighted by molar-refractivity contribution is 5.46. The number of hydrogen-bond acceptors (Lipinski definition) is 4. The molecule has 3 aliphatic rings. The zero-order valence-corrected chi connectivity index (χ0v) is 14.5. The molecule has 1 fully saturated rings. The van der Waals surface area contributed by atoms with E-state index in [1.807, 2.05) is 0 Å². The molecular weight excluding hydrogens is 302 g/mol. The van der Waals surface area contributed by atoms with Gasteiger partial charge in [-0.15, -0.1) is 0 Å². The summed E-state index contributed by atoms with van der Waals surface area (Å²) < 4.78 is 11.5. The van der Waals surface area contributed by atoms with E-state index in [2.05, 4.69) is 17.4 Å². The van der Waals surface area contributed by atoms with Gasteiger partial charge in [-0.1, -0.05) is 6.07 Å². The second kappa shape index (κ2) is 7.03. The molecule has 0 saturated carbocycles. The summed E-state index contributed by atoms with van der Waals surface area (Å²) in [5, 5.41) is 13.7. The Hall–Kier alpha value is -1.10. The number of aliphatic hydroxyl groups is 1. The maximum absolute atomic E-state index is 9.93. The quantitative estimate of drug-likeness (QED) is 0.891. The van der Waals surface area contributed by atoms with Gasteiger partial charge in [0.1, 0.15) is 5.75 Å². The third-order valence-corrected chi connectivity index (χ3v) is 6.11. The van der Waals surface area contributed by atoms with Crippen molar-refractivity contribution in [3.8, 4) is 5.75 Å². The Kier molecular flexibility index (Phi) is 4.79. The van der Waals surface area contributed by atoms with Gasteiger partial charge in [-0.3, -0.25) is 0 Å². The molecule has 1 saturated heterocycles. The van der Waals surface area contributed by atoms with Gasteiger partial charge in [0.25, 0.3) is 0 Å². The lowest BCUT2D eigenvalue weighted by molar-refractivity contribution is -0.0166. The fraction of sp³-hybridized carbons (Fsp3) is 0.700. The molecule has 0 aromatic heterocycles. The number of aryl methyl sites for hydroxylation is 2. The molecule has 4 nitrogen and oxygen atoms in total. The summed E-state index contributed by atoms with van der Waals surface area (Å²) >= 11 is 0. The normalized spacial score (nSPS) is 25.5. The van der Waals surface area contributed by atoms with Gasteiger partial charge >= 0.3 is 0 Å². The fourth-order valence-corrected chi connectivity index (χ4v) is 4.39. The van der Waals surface area contributed by atoms with Gasteiger partial charge < -0.3 is 19.9 Å². The Bertz CT molecular complexity index is 580. The van der Waals surface area contributed by atoms with Gasteiger partial charge in [-0.05, 0) is 62.1 Å². The Morgan fingerprint density at radius 2 is 1.88 bits per heavy atom. The number of ether oxygens (including phenoxy) is 2. The Balaban J connectivity index is 1.53. The van der Waals surface area contributed by atoms with Gasteiger partial charge in [-0.2, -0.15) is 0 Å². The smallest absolute Gasteiger partial charge is 0.124 e. The van der Waals surface area contributed by atoms with Crippen molar-refractivity contribution < 1.29 is 14.6 Å². The van der Waals surface area contributed by atoms with Crippen molar-refractivity contribution in [1.29, 1.82) is 0 Å². The van der Waals surface area contributed by atoms with E-state index < -0.39 is 0 Å². The molecule has 0 radical (unpaired) electrons. The van der Waals surface area contributed by atoms with Gasteiger partial charge in [0.15, 0.2) is 0 Å². The number of fused-ring (bicyclic) bond motifs is 2. The number of nitrogens with one attached hydrogen (secondary N) is 1. The minimum Gasteiger partial charge on any atom is -0.493 e. The molecule has 1 unspecified atom stereocenters. The van der Waals surface area contributed by atoms with E-state index >= 15 is 0 Å². The second-order valence-electron chi connectivity index (χ2n) is 7.71. The fourth-order valence-electron chi connectivity index (χ4n) is 4.39. The zero-order chi connectivity index (χ0) is 16.4. The van der Waals surface area contributed by atoms with Crippen LogP contribution in [0.15, 0.2) is 12.1 Å². The van der Waals surface area contributed by atoms with Crippen molar-refractivity contribution in [3.05, 3.63) is 28.8 Å². The van der Waals surface area contributed by atoms with Gasteiger partial charge in [0.05, 0.1) is 13.2 Å². The number of hydrogen-bond donors (Lipinski definition) is 2. The molecule has 1 aliphatic carbocycles. The maximum atomic E-state index is 9.93. The average Bonchev–Trinajstić information content (AvgIpc) is 2.99. The van der Waals surface area contributed by atoms with Crippen LogP contribution < -0.4 is 10.1 Å². The van der Waals surface area contributed by atoms with E-state index in [1.165, 1.54) is 36.0 Å². The summed E-state index contributed by atoms with van der Waals surface area (Å²) in [4.78, 5) is 0. The van der Waals surface area contributed by atoms with Gasteiger partial charge in [-0.25, -0.2) is 0 Å². The third-order valence-electron chi connectivity index (χ3n) is 6.11. The molecule has 2 aliphatic heterocycles. The lowest BCUT2D eigenvalue weighted by atomic mass is 9.80. The Labute approximate surface area is 144 Å². The van der Waals surface area contributed by atoms with Crippen LogP contribution in [-0.2, 0) is 17.6 Å². The summed E-state index contributed by atoms with van der Waals surface area (Å²) in [6, 6.07) is 5.00. The Morgan fingerprint density at radius 1 is 1.08 bits per heavy atom. The SMILES string of the molecule is OCC1(CNC2CCCOc3cc4c(cc32)CCC4)CCOCC1. The average molecular weight is 331 g/mol. The van der Waals surface area contributed by atoms with E-state index in [4.69, 9.17) is 9.47 Å². The minimum atomic E-state index is -0.0255. The van der Waals surface area contributed by atoms with Crippen LogP contribution >= 0.6 is 0 Å². The molecule has 2 heterocycles. The first-order valence-corrected chi connectivity index (χ1v) is 9.50. The summed E-state index contributed by atoms with van der Waals surface area (Å²) in [7, 11) is 0. The van der Waals surface area contributed by atoms with Gasteiger partial charge in [0, 0.05) is 36.8 Å². The highest BCUT2D eigenvalue weighted by Crippen LogP contribution is 2.38. The molecule has 0 spiro atoms. The summed E-state index contributed by atoms with van der Waals surface area (Å²) in [6.07, 6.45) is 7.72. The van der Waals surface area contributed by atoms with Crippen molar-refractivity contribution >= 4 is 0 Å². The summed E-state index contributed by atoms with van der Waals surface area (Å²) in [5.74, 6) is 1.08. The van der Waals surface area contributed by atoms with Crippen LogP contribution in [0.1, 0.15) is 54.8 Å². The first-order valence-electron chi connectivity index (χ1n) is 9.50. The highest BCUT2D eigenvalue weighted by atomic mass is 16.5. The minimum absolute atomic E-state index is 0.0255. The molecule has 0 amide bonds. The standard InChI is InChI=1S/C20H29NO3/c22-14-20(6-9-23-10-7-20)13-21-18-5-2-8-24-19-12-16-4-1-3-15(16)11-17(18)19/h11-12,18,21-22H,1-10,13-14H2.